The molecular formula is C12H17BrN2S. The van der Waals surface area contributed by atoms with Gasteiger partial charge in [0.15, 0.2) is 0 Å². The molecule has 0 spiro atoms. The van der Waals surface area contributed by atoms with Crippen LogP contribution in [0.3, 0.4) is 0 Å². The highest BCUT2D eigenvalue weighted by atomic mass is 79.9. The van der Waals surface area contributed by atoms with Crippen LogP contribution in [0.15, 0.2) is 22.7 Å². The van der Waals surface area contributed by atoms with Gasteiger partial charge in [-0.3, -0.25) is 0 Å². The molecule has 1 aromatic rings. The highest BCUT2D eigenvalue weighted by Gasteiger charge is 2.26. The molecule has 1 fully saturated rings. The van der Waals surface area contributed by atoms with Crippen molar-refractivity contribution in [1.82, 2.24) is 0 Å². The summed E-state index contributed by atoms with van der Waals surface area (Å²) in [6.07, 6.45) is 6.12. The maximum atomic E-state index is 5.73. The zero-order valence-corrected chi connectivity index (χ0v) is 11.8. The molecule has 0 saturated heterocycles. The molecule has 1 aliphatic rings. The Morgan fingerprint density at radius 2 is 2.25 bits per heavy atom. The lowest BCUT2D eigenvalue weighted by atomic mass is 10.2. The monoisotopic (exact) mass is 300 g/mol. The van der Waals surface area contributed by atoms with Gasteiger partial charge in [-0.05, 0) is 53.2 Å². The third-order valence-corrected chi connectivity index (χ3v) is 4.92. The first-order valence-corrected chi connectivity index (χ1v) is 7.63. The largest absolute Gasteiger partial charge is 0.399 e. The SMILES string of the molecule is CSC1CCCC1Nc1ccc(N)cc1Br. The predicted molar refractivity (Wildman–Crippen MR) is 77.1 cm³/mol. The fourth-order valence-electron chi connectivity index (χ4n) is 2.22. The number of hydrogen-bond donors (Lipinski definition) is 2. The second-order valence-electron chi connectivity index (χ2n) is 4.20. The van der Waals surface area contributed by atoms with Gasteiger partial charge in [-0.15, -0.1) is 0 Å². The summed E-state index contributed by atoms with van der Waals surface area (Å²) in [5.74, 6) is 0. The lowest BCUT2D eigenvalue weighted by Gasteiger charge is -2.21. The molecule has 1 aromatic carbocycles. The van der Waals surface area contributed by atoms with Gasteiger partial charge in [0.1, 0.15) is 0 Å². The standard InChI is InChI=1S/C12H17BrN2S/c1-16-12-4-2-3-11(12)15-10-6-5-8(14)7-9(10)13/h5-7,11-12,15H,2-4,14H2,1H3. The first-order chi connectivity index (χ1) is 7.70. The Kier molecular flexibility index (Phi) is 4.03. The molecule has 0 aliphatic heterocycles. The molecule has 2 rings (SSSR count). The molecule has 0 heterocycles. The summed E-state index contributed by atoms with van der Waals surface area (Å²) in [6, 6.07) is 6.53. The molecule has 2 atom stereocenters. The second-order valence-corrected chi connectivity index (χ2v) is 6.13. The van der Waals surface area contributed by atoms with E-state index in [1.54, 1.807) is 0 Å². The van der Waals surface area contributed by atoms with Crippen LogP contribution >= 0.6 is 27.7 Å². The normalized spacial score (nSPS) is 24.6. The van der Waals surface area contributed by atoms with Gasteiger partial charge in [0.2, 0.25) is 0 Å². The van der Waals surface area contributed by atoms with Crippen molar-refractivity contribution in [2.75, 3.05) is 17.3 Å². The van der Waals surface area contributed by atoms with Gasteiger partial charge < -0.3 is 11.1 Å². The molecule has 3 N–H and O–H groups in total. The molecule has 0 aromatic heterocycles. The third kappa shape index (κ3) is 2.66. The first kappa shape index (κ1) is 12.1. The molecular weight excluding hydrogens is 284 g/mol. The van der Waals surface area contributed by atoms with Gasteiger partial charge in [-0.1, -0.05) is 6.42 Å². The average molecular weight is 301 g/mol. The molecule has 88 valence electrons. The van der Waals surface area contributed by atoms with Crippen LogP contribution in [0.4, 0.5) is 11.4 Å². The van der Waals surface area contributed by atoms with Crippen LogP contribution in [0.2, 0.25) is 0 Å². The summed E-state index contributed by atoms with van der Waals surface area (Å²) in [6.45, 7) is 0. The van der Waals surface area contributed by atoms with E-state index in [1.165, 1.54) is 19.3 Å². The summed E-state index contributed by atoms with van der Waals surface area (Å²) in [5, 5.41) is 4.35. The topological polar surface area (TPSA) is 38.0 Å². The number of thioether (sulfide) groups is 1. The van der Waals surface area contributed by atoms with Gasteiger partial charge in [-0.2, -0.15) is 11.8 Å². The number of nitrogens with one attached hydrogen (secondary N) is 1. The third-order valence-electron chi connectivity index (χ3n) is 3.09. The van der Waals surface area contributed by atoms with Crippen molar-refractivity contribution in [3.63, 3.8) is 0 Å². The molecule has 1 saturated carbocycles. The van der Waals surface area contributed by atoms with E-state index in [9.17, 15) is 0 Å². The number of halogens is 1. The van der Waals surface area contributed by atoms with E-state index in [2.05, 4.69) is 33.6 Å². The fraction of sp³-hybridized carbons (Fsp3) is 0.500. The molecule has 0 amide bonds. The van der Waals surface area contributed by atoms with Crippen molar-refractivity contribution >= 4 is 39.1 Å². The quantitative estimate of drug-likeness (QED) is 0.836. The molecule has 0 bridgehead atoms. The van der Waals surface area contributed by atoms with Crippen LogP contribution in [-0.2, 0) is 0 Å². The van der Waals surface area contributed by atoms with E-state index in [1.807, 2.05) is 23.9 Å². The van der Waals surface area contributed by atoms with E-state index < -0.39 is 0 Å². The molecule has 4 heteroatoms. The number of benzene rings is 1. The smallest absolute Gasteiger partial charge is 0.0488 e. The van der Waals surface area contributed by atoms with E-state index in [0.717, 1.165) is 21.1 Å². The number of rotatable bonds is 3. The summed E-state index contributed by atoms with van der Waals surface area (Å²) in [7, 11) is 0. The number of nitrogen functional groups attached to an aromatic ring is 1. The Balaban J connectivity index is 2.08. The van der Waals surface area contributed by atoms with Gasteiger partial charge in [-0.25, -0.2) is 0 Å². The van der Waals surface area contributed by atoms with Crippen LogP contribution in [0.25, 0.3) is 0 Å². The van der Waals surface area contributed by atoms with E-state index in [4.69, 9.17) is 5.73 Å². The number of nitrogens with two attached hydrogens (primary N) is 1. The molecule has 2 nitrogen and oxygen atoms in total. The van der Waals surface area contributed by atoms with Crippen LogP contribution in [0, 0.1) is 0 Å². The van der Waals surface area contributed by atoms with E-state index >= 15 is 0 Å². The summed E-state index contributed by atoms with van der Waals surface area (Å²) in [4.78, 5) is 0. The molecule has 2 unspecified atom stereocenters. The maximum absolute atomic E-state index is 5.73. The fourth-order valence-corrected chi connectivity index (χ4v) is 3.67. The number of anilines is 2. The van der Waals surface area contributed by atoms with Crippen molar-refractivity contribution in [1.29, 1.82) is 0 Å². The van der Waals surface area contributed by atoms with Crippen molar-refractivity contribution in [3.05, 3.63) is 22.7 Å². The van der Waals surface area contributed by atoms with Crippen LogP contribution < -0.4 is 11.1 Å². The van der Waals surface area contributed by atoms with Crippen molar-refractivity contribution < 1.29 is 0 Å². The van der Waals surface area contributed by atoms with Gasteiger partial charge in [0, 0.05) is 27.1 Å². The Hall–Kier alpha value is -0.350. The van der Waals surface area contributed by atoms with Gasteiger partial charge >= 0.3 is 0 Å². The summed E-state index contributed by atoms with van der Waals surface area (Å²) >= 11 is 5.51. The maximum Gasteiger partial charge on any atom is 0.0488 e. The Bertz CT molecular complexity index is 370. The zero-order valence-electron chi connectivity index (χ0n) is 9.37. The predicted octanol–water partition coefficient (Wildman–Crippen LogP) is 3.73. The highest BCUT2D eigenvalue weighted by molar-refractivity contribution is 9.10. The Labute approximate surface area is 109 Å². The summed E-state index contributed by atoms with van der Waals surface area (Å²) < 4.78 is 1.05. The highest BCUT2D eigenvalue weighted by Crippen LogP contribution is 2.33. The number of hydrogen-bond acceptors (Lipinski definition) is 3. The minimum absolute atomic E-state index is 0.593. The van der Waals surface area contributed by atoms with Crippen LogP contribution in [-0.4, -0.2) is 17.5 Å². The molecule has 0 radical (unpaired) electrons. The van der Waals surface area contributed by atoms with Crippen molar-refractivity contribution in [3.8, 4) is 0 Å². The minimum atomic E-state index is 0.593. The molecule has 16 heavy (non-hydrogen) atoms. The van der Waals surface area contributed by atoms with Gasteiger partial charge in [0.05, 0.1) is 0 Å². The Morgan fingerprint density at radius 3 is 2.94 bits per heavy atom. The average Bonchev–Trinajstić information content (AvgIpc) is 2.69. The lowest BCUT2D eigenvalue weighted by molar-refractivity contribution is 0.768. The van der Waals surface area contributed by atoms with Crippen molar-refractivity contribution in [2.24, 2.45) is 0 Å². The zero-order chi connectivity index (χ0) is 11.5. The van der Waals surface area contributed by atoms with E-state index in [-0.39, 0.29) is 0 Å². The van der Waals surface area contributed by atoms with Gasteiger partial charge in [0.25, 0.3) is 0 Å². The minimum Gasteiger partial charge on any atom is -0.399 e. The second kappa shape index (κ2) is 5.32. The van der Waals surface area contributed by atoms with E-state index in [0.29, 0.717) is 6.04 Å². The summed E-state index contributed by atoms with van der Waals surface area (Å²) in [5.41, 5.74) is 7.68. The molecule has 1 aliphatic carbocycles. The lowest BCUT2D eigenvalue weighted by Crippen LogP contribution is -2.25. The van der Waals surface area contributed by atoms with Crippen LogP contribution in [0.5, 0.6) is 0 Å². The Morgan fingerprint density at radius 1 is 1.44 bits per heavy atom. The van der Waals surface area contributed by atoms with Crippen molar-refractivity contribution in [2.45, 2.75) is 30.6 Å². The first-order valence-electron chi connectivity index (χ1n) is 5.55. The van der Waals surface area contributed by atoms with Crippen LogP contribution in [0.1, 0.15) is 19.3 Å².